The van der Waals surface area contributed by atoms with Crippen molar-refractivity contribution in [2.45, 2.75) is 25.1 Å². The van der Waals surface area contributed by atoms with Crippen LogP contribution in [0.3, 0.4) is 0 Å². The fourth-order valence-electron chi connectivity index (χ4n) is 1.41. The van der Waals surface area contributed by atoms with Gasteiger partial charge in [0.05, 0.1) is 0 Å². The Labute approximate surface area is 67.6 Å². The zero-order valence-electron chi connectivity index (χ0n) is 6.31. The lowest BCUT2D eigenvalue weighted by Gasteiger charge is -2.12. The first kappa shape index (κ1) is 7.87. The van der Waals surface area contributed by atoms with E-state index in [0.29, 0.717) is 11.3 Å². The van der Waals surface area contributed by atoms with Crippen molar-refractivity contribution in [2.24, 2.45) is 5.92 Å². The lowest BCUT2D eigenvalue weighted by molar-refractivity contribution is 0.624. The molecule has 0 fully saturated rings. The van der Waals surface area contributed by atoms with Gasteiger partial charge in [-0.15, -0.1) is 18.2 Å². The van der Waals surface area contributed by atoms with Gasteiger partial charge in [0.2, 0.25) is 0 Å². The third-order valence-electron chi connectivity index (χ3n) is 2.11. The lowest BCUT2D eigenvalue weighted by Crippen LogP contribution is -2.08. The molecular formula is C9H13Cl. The Morgan fingerprint density at radius 1 is 1.90 bits per heavy atom. The van der Waals surface area contributed by atoms with Gasteiger partial charge in [0.15, 0.2) is 0 Å². The molecule has 1 rings (SSSR count). The van der Waals surface area contributed by atoms with Crippen LogP contribution in [0, 0.1) is 5.92 Å². The molecule has 0 saturated carbocycles. The molecule has 56 valence electrons. The van der Waals surface area contributed by atoms with Crippen molar-refractivity contribution < 1.29 is 0 Å². The molecule has 0 aromatic heterocycles. The van der Waals surface area contributed by atoms with Crippen molar-refractivity contribution in [3.05, 3.63) is 24.3 Å². The number of allylic oxidation sites excluding steroid dienone is 3. The summed E-state index contributed by atoms with van der Waals surface area (Å²) in [5, 5.41) is 0.318. The van der Waals surface area contributed by atoms with Gasteiger partial charge >= 0.3 is 0 Å². The molecule has 1 aliphatic carbocycles. The van der Waals surface area contributed by atoms with E-state index >= 15 is 0 Å². The quantitative estimate of drug-likeness (QED) is 0.426. The molecule has 0 nitrogen and oxygen atoms in total. The maximum atomic E-state index is 6.05. The third kappa shape index (κ3) is 1.43. The molecule has 0 aromatic rings. The fraction of sp³-hybridized carbons (Fsp3) is 0.556. The Kier molecular flexibility index (Phi) is 2.56. The van der Waals surface area contributed by atoms with Crippen molar-refractivity contribution >= 4 is 11.6 Å². The Bertz CT molecular complexity index is 158. The van der Waals surface area contributed by atoms with Gasteiger partial charge in [-0.2, -0.15) is 0 Å². The highest BCUT2D eigenvalue weighted by Gasteiger charge is 2.23. The maximum absolute atomic E-state index is 6.05. The number of hydrogen-bond acceptors (Lipinski definition) is 0. The Morgan fingerprint density at radius 3 is 3.00 bits per heavy atom. The molecule has 0 radical (unpaired) electrons. The van der Waals surface area contributed by atoms with E-state index in [1.54, 1.807) is 0 Å². The number of halogens is 1. The zero-order chi connectivity index (χ0) is 7.56. The van der Waals surface area contributed by atoms with Crippen LogP contribution < -0.4 is 0 Å². The summed E-state index contributed by atoms with van der Waals surface area (Å²) in [6, 6.07) is 0. The van der Waals surface area contributed by atoms with Crippen LogP contribution in [0.1, 0.15) is 19.8 Å². The average molecular weight is 157 g/mol. The first-order chi connectivity index (χ1) is 4.75. The molecule has 0 aliphatic heterocycles. The van der Waals surface area contributed by atoms with Crippen LogP contribution in [0.4, 0.5) is 0 Å². The van der Waals surface area contributed by atoms with Gasteiger partial charge in [-0.1, -0.05) is 17.7 Å². The van der Waals surface area contributed by atoms with E-state index in [-0.39, 0.29) is 0 Å². The molecule has 0 heterocycles. The molecule has 0 N–H and O–H groups in total. The van der Waals surface area contributed by atoms with Crippen LogP contribution >= 0.6 is 11.6 Å². The number of hydrogen-bond donors (Lipinski definition) is 0. The van der Waals surface area contributed by atoms with E-state index in [2.05, 4.69) is 19.6 Å². The SMILES string of the molecule is C=CC[C@@H]1C(C)=CC[C@H]1Cl. The standard InChI is InChI=1S/C9H13Cl/c1-3-4-8-7(2)5-6-9(8)10/h3,5,8-9H,1,4,6H2,2H3/t8-,9-/m1/s1. The molecule has 0 amide bonds. The average Bonchev–Trinajstić information content (AvgIpc) is 2.20. The molecule has 10 heavy (non-hydrogen) atoms. The summed E-state index contributed by atoms with van der Waals surface area (Å²) in [4.78, 5) is 0. The second-order valence-corrected chi connectivity index (χ2v) is 3.39. The van der Waals surface area contributed by atoms with Gasteiger partial charge in [-0.3, -0.25) is 0 Å². The van der Waals surface area contributed by atoms with Gasteiger partial charge in [0.25, 0.3) is 0 Å². The molecule has 1 heteroatoms. The van der Waals surface area contributed by atoms with E-state index in [1.165, 1.54) is 5.57 Å². The summed E-state index contributed by atoms with van der Waals surface area (Å²) in [5.74, 6) is 0.555. The van der Waals surface area contributed by atoms with E-state index in [4.69, 9.17) is 11.6 Å². The summed E-state index contributed by atoms with van der Waals surface area (Å²) >= 11 is 6.05. The smallest absolute Gasteiger partial charge is 0.0438 e. The summed E-state index contributed by atoms with van der Waals surface area (Å²) < 4.78 is 0. The lowest BCUT2D eigenvalue weighted by atomic mass is 9.99. The molecule has 0 saturated heterocycles. The fourth-order valence-corrected chi connectivity index (χ4v) is 1.80. The summed E-state index contributed by atoms with van der Waals surface area (Å²) in [6.07, 6.45) is 6.23. The number of rotatable bonds is 2. The Morgan fingerprint density at radius 2 is 2.60 bits per heavy atom. The second kappa shape index (κ2) is 3.25. The summed E-state index contributed by atoms with van der Waals surface area (Å²) in [6.45, 7) is 5.86. The highest BCUT2D eigenvalue weighted by Crippen LogP contribution is 2.32. The minimum Gasteiger partial charge on any atom is -0.122 e. The van der Waals surface area contributed by atoms with Crippen LogP contribution in [0.15, 0.2) is 24.3 Å². The van der Waals surface area contributed by atoms with Gasteiger partial charge in [0, 0.05) is 5.38 Å². The predicted octanol–water partition coefficient (Wildman–Crippen LogP) is 3.14. The largest absolute Gasteiger partial charge is 0.122 e. The maximum Gasteiger partial charge on any atom is 0.0438 e. The van der Waals surface area contributed by atoms with Crippen molar-refractivity contribution in [1.29, 1.82) is 0 Å². The van der Waals surface area contributed by atoms with Crippen LogP contribution in [0.25, 0.3) is 0 Å². The molecule has 2 atom stereocenters. The molecule has 0 bridgehead atoms. The molecule has 0 spiro atoms. The van der Waals surface area contributed by atoms with E-state index < -0.39 is 0 Å². The Balaban J connectivity index is 2.55. The van der Waals surface area contributed by atoms with E-state index in [1.807, 2.05) is 6.08 Å². The molecule has 0 unspecified atom stereocenters. The minimum atomic E-state index is 0.318. The van der Waals surface area contributed by atoms with Crippen molar-refractivity contribution in [3.63, 3.8) is 0 Å². The molecular weight excluding hydrogens is 144 g/mol. The minimum absolute atomic E-state index is 0.318. The van der Waals surface area contributed by atoms with E-state index in [0.717, 1.165) is 12.8 Å². The van der Waals surface area contributed by atoms with Crippen molar-refractivity contribution in [2.75, 3.05) is 0 Å². The van der Waals surface area contributed by atoms with Crippen LogP contribution in [0.2, 0.25) is 0 Å². The monoisotopic (exact) mass is 156 g/mol. The van der Waals surface area contributed by atoms with E-state index in [9.17, 15) is 0 Å². The summed E-state index contributed by atoms with van der Waals surface area (Å²) in [7, 11) is 0. The first-order valence-corrected chi connectivity index (χ1v) is 4.11. The van der Waals surface area contributed by atoms with Gasteiger partial charge in [-0.25, -0.2) is 0 Å². The molecule has 0 aromatic carbocycles. The highest BCUT2D eigenvalue weighted by molar-refractivity contribution is 6.21. The third-order valence-corrected chi connectivity index (χ3v) is 2.59. The van der Waals surface area contributed by atoms with Crippen LogP contribution in [0.5, 0.6) is 0 Å². The van der Waals surface area contributed by atoms with Crippen LogP contribution in [-0.4, -0.2) is 5.38 Å². The first-order valence-electron chi connectivity index (χ1n) is 3.67. The normalized spacial score (nSPS) is 32.0. The second-order valence-electron chi connectivity index (χ2n) is 2.83. The van der Waals surface area contributed by atoms with Crippen molar-refractivity contribution in [1.82, 2.24) is 0 Å². The van der Waals surface area contributed by atoms with Crippen molar-refractivity contribution in [3.8, 4) is 0 Å². The van der Waals surface area contributed by atoms with Gasteiger partial charge in [-0.05, 0) is 25.7 Å². The topological polar surface area (TPSA) is 0 Å². The van der Waals surface area contributed by atoms with Gasteiger partial charge < -0.3 is 0 Å². The molecule has 1 aliphatic rings. The number of alkyl halides is 1. The zero-order valence-corrected chi connectivity index (χ0v) is 7.06. The van der Waals surface area contributed by atoms with Crippen LogP contribution in [-0.2, 0) is 0 Å². The Hall–Kier alpha value is -0.230. The highest BCUT2D eigenvalue weighted by atomic mass is 35.5. The predicted molar refractivity (Wildman–Crippen MR) is 46.3 cm³/mol. The summed E-state index contributed by atoms with van der Waals surface area (Å²) in [5.41, 5.74) is 1.43. The van der Waals surface area contributed by atoms with Gasteiger partial charge in [0.1, 0.15) is 0 Å².